The van der Waals surface area contributed by atoms with E-state index in [1.165, 1.54) is 34.9 Å². The van der Waals surface area contributed by atoms with Crippen LogP contribution < -0.4 is 0 Å². The van der Waals surface area contributed by atoms with E-state index in [1.54, 1.807) is 48.5 Å². The lowest BCUT2D eigenvalue weighted by Gasteiger charge is -2.49. The van der Waals surface area contributed by atoms with Crippen LogP contribution in [0.1, 0.15) is 99.0 Å². The molecule has 51 heavy (non-hydrogen) atoms. The summed E-state index contributed by atoms with van der Waals surface area (Å²) in [6, 6.07) is -0.928. The van der Waals surface area contributed by atoms with Crippen molar-refractivity contribution in [1.29, 1.82) is 0 Å². The molecule has 0 bridgehead atoms. The predicted molar refractivity (Wildman–Crippen MR) is 186 cm³/mol. The average Bonchev–Trinajstić information content (AvgIpc) is 3.08. The van der Waals surface area contributed by atoms with E-state index in [0.29, 0.717) is 0 Å². The smallest absolute Gasteiger partial charge is 0.311 e. The molecule has 3 aliphatic heterocycles. The minimum atomic E-state index is -2.55. The van der Waals surface area contributed by atoms with Crippen LogP contribution in [0.3, 0.4) is 0 Å². The number of hydrogen-bond acceptors (Lipinski definition) is 14. The predicted octanol–water partition coefficient (Wildman–Crippen LogP) is 1.79. The van der Waals surface area contributed by atoms with Gasteiger partial charge in [0, 0.05) is 41.4 Å². The molecule has 8 unspecified atom stereocenters. The van der Waals surface area contributed by atoms with E-state index in [9.17, 15) is 35.1 Å². The molecule has 3 saturated heterocycles. The zero-order valence-corrected chi connectivity index (χ0v) is 32.4. The Morgan fingerprint density at radius 3 is 2.14 bits per heavy atom. The molecule has 14 heteroatoms. The molecule has 298 valence electrons. The second kappa shape index (κ2) is 17.0. The molecular formula is C37H67NO13. The Kier molecular flexibility index (Phi) is 13.1. The summed E-state index contributed by atoms with van der Waals surface area (Å²) in [6.07, 6.45) is -11.7. The highest BCUT2D eigenvalue weighted by molar-refractivity contribution is 5.83. The number of aliphatic hydroxyl groups excluding tert-OH is 3. The van der Waals surface area contributed by atoms with E-state index in [0.717, 1.165) is 4.90 Å². The van der Waals surface area contributed by atoms with Crippen molar-refractivity contribution in [2.24, 2.45) is 23.7 Å². The van der Waals surface area contributed by atoms with Gasteiger partial charge in [-0.05, 0) is 74.8 Å². The Hall–Kier alpha value is -1.30. The molecule has 3 rings (SSSR count). The number of rotatable bonds is 7. The number of methoxy groups -OCH3 is 1. The van der Waals surface area contributed by atoms with Crippen molar-refractivity contribution in [1.82, 2.24) is 4.90 Å². The van der Waals surface area contributed by atoms with Gasteiger partial charge in [-0.1, -0.05) is 27.7 Å². The maximum absolute atomic E-state index is 14.1. The molecule has 3 heterocycles. The molecule has 5 N–H and O–H groups in total. The number of carbonyl (C=O) groups is 2. The molecule has 0 radical (unpaired) electrons. The number of nitrogens with zero attached hydrogens (tertiary/aromatic N) is 1. The number of carbonyl (C=O) groups excluding carboxylic acids is 2. The van der Waals surface area contributed by atoms with Gasteiger partial charge in [0.25, 0.3) is 0 Å². The monoisotopic (exact) mass is 737 g/mol. The van der Waals surface area contributed by atoms with Gasteiger partial charge in [-0.15, -0.1) is 0 Å². The third kappa shape index (κ3) is 9.51. The summed E-state index contributed by atoms with van der Waals surface area (Å²) in [7, 11) is 2.82. The summed E-state index contributed by atoms with van der Waals surface area (Å²) in [6.45, 7) is 13.2. The molecule has 0 aromatic heterocycles. The van der Waals surface area contributed by atoms with Gasteiger partial charge in [0.1, 0.15) is 29.7 Å². The standard InChI is InChI=1S/C37H67NO13/c1-14-25-37(10,45)30(41)20(4)27(39)18(2)16-35(8,44)32(51-34-28(40)24(38(11)12)15-19(3)47-34)21(5)29(22(6)33(43)49-25)50-26-17-36(9,46-13)31(42)23(7)48-26/h18-26,28-32,34,40-42,44-45H,14-17H2,1-13H3/t18-,19?,20+,21+,22-,23?,24?,25-,26?,28?,29+,30-,31?,32-,34?,35-,36?,37-/m1/s1/i11+1D3. The molecule has 0 spiro atoms. The summed E-state index contributed by atoms with van der Waals surface area (Å²) in [5.41, 5.74) is -5.07. The van der Waals surface area contributed by atoms with Crippen LogP contribution in [-0.4, -0.2) is 148 Å². The SMILES string of the molecule is [2H][13C]([2H])([2H])N(C)C1CC(C)OC(O[C@@H]2[C@@H](C)[C@H](OC3CC(C)(OC)C(O)C(C)O3)[C@@H](C)C(=O)O[C@H](CC)[C@@](C)(O)[C@H](O)[C@@H](C)C(=O)[C@H](C)C[C@@]2(C)O)C1O. The molecular weight excluding hydrogens is 667 g/mol. The first-order valence-corrected chi connectivity index (χ1v) is 18.3. The molecule has 0 amide bonds. The third-order valence-electron chi connectivity index (χ3n) is 11.7. The third-order valence-corrected chi connectivity index (χ3v) is 11.7. The molecule has 0 aromatic rings. The zero-order valence-electron chi connectivity index (χ0n) is 35.4. The molecule has 0 aliphatic carbocycles. The molecule has 18 atom stereocenters. The van der Waals surface area contributed by atoms with Gasteiger partial charge < -0.3 is 58.9 Å². The minimum Gasteiger partial charge on any atom is -0.459 e. The van der Waals surface area contributed by atoms with Gasteiger partial charge in [-0.3, -0.25) is 9.59 Å². The van der Waals surface area contributed by atoms with Crippen molar-refractivity contribution < 1.29 is 67.7 Å². The van der Waals surface area contributed by atoms with Crippen LogP contribution in [0.2, 0.25) is 0 Å². The molecule has 3 fully saturated rings. The van der Waals surface area contributed by atoms with Crippen LogP contribution in [0.5, 0.6) is 0 Å². The fraction of sp³-hybridized carbons (Fsp3) is 0.946. The summed E-state index contributed by atoms with van der Waals surface area (Å²) >= 11 is 0. The summed E-state index contributed by atoms with van der Waals surface area (Å²) in [4.78, 5) is 29.0. The summed E-state index contributed by atoms with van der Waals surface area (Å²) in [5.74, 6) is -5.45. The van der Waals surface area contributed by atoms with E-state index < -0.39 is 127 Å². The Morgan fingerprint density at radius 2 is 1.57 bits per heavy atom. The Balaban J connectivity index is 2.20. The van der Waals surface area contributed by atoms with Crippen molar-refractivity contribution >= 4 is 11.8 Å². The highest BCUT2D eigenvalue weighted by atomic mass is 16.7. The lowest BCUT2D eigenvalue weighted by molar-refractivity contribution is -0.318. The van der Waals surface area contributed by atoms with Crippen LogP contribution in [0.25, 0.3) is 0 Å². The molecule has 0 aromatic carbocycles. The number of esters is 1. The first-order valence-electron chi connectivity index (χ1n) is 19.8. The second-order valence-electron chi connectivity index (χ2n) is 16.1. The van der Waals surface area contributed by atoms with Gasteiger partial charge in [0.2, 0.25) is 0 Å². The van der Waals surface area contributed by atoms with Crippen molar-refractivity contribution in [2.75, 3.05) is 21.1 Å². The molecule has 0 saturated carbocycles. The van der Waals surface area contributed by atoms with Crippen LogP contribution in [0.15, 0.2) is 0 Å². The highest BCUT2D eigenvalue weighted by Gasteiger charge is 2.53. The summed E-state index contributed by atoms with van der Waals surface area (Å²) in [5, 5.41) is 57.8. The van der Waals surface area contributed by atoms with Gasteiger partial charge in [0.15, 0.2) is 12.6 Å². The number of ether oxygens (including phenoxy) is 6. The zero-order chi connectivity index (χ0) is 41.5. The van der Waals surface area contributed by atoms with E-state index in [1.807, 2.05) is 0 Å². The second-order valence-corrected chi connectivity index (χ2v) is 16.1. The van der Waals surface area contributed by atoms with Crippen molar-refractivity contribution in [3.05, 3.63) is 0 Å². The van der Waals surface area contributed by atoms with E-state index >= 15 is 0 Å². The van der Waals surface area contributed by atoms with Crippen LogP contribution >= 0.6 is 0 Å². The Bertz CT molecular complexity index is 1270. The number of likely N-dealkylation sites (N-methyl/N-ethyl adjacent to an activating group) is 1. The number of aliphatic hydroxyl groups is 5. The number of hydrogen-bond donors (Lipinski definition) is 5. The Morgan fingerprint density at radius 1 is 0.941 bits per heavy atom. The van der Waals surface area contributed by atoms with E-state index in [4.69, 9.17) is 32.5 Å². The van der Waals surface area contributed by atoms with Crippen LogP contribution in [0.4, 0.5) is 0 Å². The topological polar surface area (TPSA) is 194 Å². The van der Waals surface area contributed by atoms with Gasteiger partial charge in [0.05, 0.1) is 47.6 Å². The van der Waals surface area contributed by atoms with Crippen molar-refractivity contribution in [3.8, 4) is 0 Å². The van der Waals surface area contributed by atoms with Crippen LogP contribution in [0, 0.1) is 23.7 Å². The molecule has 14 nitrogen and oxygen atoms in total. The first kappa shape index (κ1) is 39.4. The summed E-state index contributed by atoms with van der Waals surface area (Å²) < 4.78 is 60.7. The fourth-order valence-electron chi connectivity index (χ4n) is 8.28. The van der Waals surface area contributed by atoms with Gasteiger partial charge in [-0.25, -0.2) is 0 Å². The minimum absolute atomic E-state index is 0.0366. The van der Waals surface area contributed by atoms with Gasteiger partial charge in [-0.2, -0.15) is 0 Å². The maximum Gasteiger partial charge on any atom is 0.311 e. The lowest BCUT2D eigenvalue weighted by Crippen LogP contribution is -2.61. The average molecular weight is 738 g/mol. The lowest BCUT2D eigenvalue weighted by atomic mass is 9.74. The van der Waals surface area contributed by atoms with Crippen molar-refractivity contribution in [2.45, 2.75) is 179 Å². The first-order chi connectivity index (χ1) is 24.6. The largest absolute Gasteiger partial charge is 0.459 e. The van der Waals surface area contributed by atoms with E-state index in [-0.39, 0.29) is 25.7 Å². The maximum atomic E-state index is 14.1. The Labute approximate surface area is 308 Å². The van der Waals surface area contributed by atoms with Crippen molar-refractivity contribution in [3.63, 3.8) is 0 Å². The number of cyclic esters (lactones) is 1. The highest BCUT2D eigenvalue weighted by Crippen LogP contribution is 2.40. The quantitative estimate of drug-likeness (QED) is 0.188. The number of ketones is 1. The fourth-order valence-corrected chi connectivity index (χ4v) is 8.28. The number of Topliss-reactive ketones (excluding diaryl/α,β-unsaturated/α-hetero) is 1. The van der Waals surface area contributed by atoms with Crippen LogP contribution in [-0.2, 0) is 38.0 Å². The van der Waals surface area contributed by atoms with E-state index in [2.05, 4.69) is 0 Å². The van der Waals surface area contributed by atoms with Gasteiger partial charge >= 0.3 is 5.97 Å². The molecule has 3 aliphatic rings. The normalized spacial score (nSPS) is 50.9.